The molecule has 8 heteroatoms. The van der Waals surface area contributed by atoms with E-state index in [2.05, 4.69) is 4.90 Å². The van der Waals surface area contributed by atoms with Gasteiger partial charge in [-0.25, -0.2) is 0 Å². The van der Waals surface area contributed by atoms with Gasteiger partial charge in [0.05, 0.1) is 6.10 Å². The number of amides is 1. The quantitative estimate of drug-likeness (QED) is 0.723. The Labute approximate surface area is 151 Å². The van der Waals surface area contributed by atoms with E-state index in [4.69, 9.17) is 19.4 Å². The molecule has 1 amide bonds. The number of ether oxygens (including phenoxy) is 2. The Balaban J connectivity index is 0.000000613. The third-order valence-electron chi connectivity index (χ3n) is 4.97. The number of aliphatic hydroxyl groups is 1. The maximum Gasteiger partial charge on any atom is 0.290 e. The number of benzene rings is 1. The minimum Gasteiger partial charge on any atom is -0.485 e. The first-order valence-corrected chi connectivity index (χ1v) is 8.79. The molecule has 3 aliphatic heterocycles. The Morgan fingerprint density at radius 3 is 2.38 bits per heavy atom. The van der Waals surface area contributed by atoms with Crippen LogP contribution in [0.15, 0.2) is 24.3 Å². The molecule has 26 heavy (non-hydrogen) atoms. The standard InChI is InChI=1S/C17H22N2O4.CH2O2/c20-13-9-19(10-13)12-5-7-18(8-6-12)17(21)16-11-22-14-3-1-2-4-15(14)23-16;2-1-3/h1-4,12-13,16,20H,5-11H2;1H,(H,2,3). The van der Waals surface area contributed by atoms with Gasteiger partial charge in [-0.3, -0.25) is 14.5 Å². The third-order valence-corrected chi connectivity index (χ3v) is 4.97. The van der Waals surface area contributed by atoms with Gasteiger partial charge in [0.1, 0.15) is 6.61 Å². The average Bonchev–Trinajstić information content (AvgIpc) is 2.65. The van der Waals surface area contributed by atoms with E-state index in [-0.39, 0.29) is 25.1 Å². The number of rotatable bonds is 2. The number of piperidine rings is 1. The van der Waals surface area contributed by atoms with Crippen LogP contribution in [-0.4, -0.2) is 83.4 Å². The lowest BCUT2D eigenvalue weighted by Crippen LogP contribution is -2.59. The number of carbonyl (C=O) groups is 2. The molecule has 1 unspecified atom stereocenters. The van der Waals surface area contributed by atoms with Crippen LogP contribution in [0.25, 0.3) is 0 Å². The smallest absolute Gasteiger partial charge is 0.290 e. The predicted molar refractivity (Wildman–Crippen MR) is 92.2 cm³/mol. The van der Waals surface area contributed by atoms with Gasteiger partial charge in [0.25, 0.3) is 12.4 Å². The van der Waals surface area contributed by atoms with E-state index in [9.17, 15) is 9.90 Å². The second kappa shape index (κ2) is 8.37. The Kier molecular flexibility index (Phi) is 5.95. The summed E-state index contributed by atoms with van der Waals surface area (Å²) < 4.78 is 11.4. The fourth-order valence-electron chi connectivity index (χ4n) is 3.58. The number of para-hydroxylation sites is 2. The van der Waals surface area contributed by atoms with E-state index >= 15 is 0 Å². The molecule has 0 aliphatic carbocycles. The second-order valence-corrected chi connectivity index (χ2v) is 6.63. The maximum atomic E-state index is 12.6. The summed E-state index contributed by atoms with van der Waals surface area (Å²) in [6.45, 7) is 3.06. The van der Waals surface area contributed by atoms with E-state index in [1.807, 2.05) is 29.2 Å². The molecule has 1 aromatic carbocycles. The van der Waals surface area contributed by atoms with Crippen LogP contribution >= 0.6 is 0 Å². The number of likely N-dealkylation sites (tertiary alicyclic amines) is 2. The third kappa shape index (κ3) is 4.08. The first-order valence-electron chi connectivity index (χ1n) is 8.79. The molecule has 0 radical (unpaired) electrons. The van der Waals surface area contributed by atoms with Gasteiger partial charge < -0.3 is 24.6 Å². The van der Waals surface area contributed by atoms with Crippen molar-refractivity contribution in [3.05, 3.63) is 24.3 Å². The maximum absolute atomic E-state index is 12.6. The van der Waals surface area contributed by atoms with E-state index in [0.29, 0.717) is 17.5 Å². The van der Waals surface area contributed by atoms with Crippen LogP contribution in [0.3, 0.4) is 0 Å². The van der Waals surface area contributed by atoms with Crippen molar-refractivity contribution in [2.45, 2.75) is 31.1 Å². The Hall–Kier alpha value is -2.32. The molecule has 0 saturated carbocycles. The summed E-state index contributed by atoms with van der Waals surface area (Å²) in [6, 6.07) is 7.94. The number of carboxylic acid groups (broad SMARTS) is 1. The minimum atomic E-state index is -0.549. The summed E-state index contributed by atoms with van der Waals surface area (Å²) in [7, 11) is 0. The van der Waals surface area contributed by atoms with Gasteiger partial charge >= 0.3 is 0 Å². The first kappa shape index (κ1) is 18.5. The molecule has 3 heterocycles. The Morgan fingerprint density at radius 2 is 1.77 bits per heavy atom. The van der Waals surface area contributed by atoms with Crippen LogP contribution in [-0.2, 0) is 9.59 Å². The highest BCUT2D eigenvalue weighted by Gasteiger charge is 2.36. The molecular weight excluding hydrogens is 340 g/mol. The molecule has 0 spiro atoms. The highest BCUT2D eigenvalue weighted by molar-refractivity contribution is 5.82. The number of β-amino-alcohol motifs (C(OH)–C–C–N with tert-alkyl or cyclic N) is 1. The second-order valence-electron chi connectivity index (χ2n) is 6.63. The van der Waals surface area contributed by atoms with Crippen LogP contribution < -0.4 is 9.47 Å². The predicted octanol–water partition coefficient (Wildman–Crippen LogP) is 0.195. The summed E-state index contributed by atoms with van der Waals surface area (Å²) in [5.41, 5.74) is 0. The SMILES string of the molecule is O=C(C1COc2ccccc2O1)N1CCC(N2CC(O)C2)CC1.O=CO. The van der Waals surface area contributed by atoms with Crippen molar-refractivity contribution >= 4 is 12.4 Å². The lowest BCUT2D eigenvalue weighted by atomic mass is 9.98. The van der Waals surface area contributed by atoms with Gasteiger partial charge in [0.2, 0.25) is 6.10 Å². The lowest BCUT2D eigenvalue weighted by molar-refractivity contribution is -0.143. The zero-order valence-electron chi connectivity index (χ0n) is 14.5. The Bertz CT molecular complexity index is 626. The summed E-state index contributed by atoms with van der Waals surface area (Å²) >= 11 is 0. The van der Waals surface area contributed by atoms with E-state index in [1.165, 1.54) is 0 Å². The molecule has 2 saturated heterocycles. The average molecular weight is 364 g/mol. The van der Waals surface area contributed by atoms with Gasteiger partial charge in [0, 0.05) is 32.2 Å². The number of nitrogens with zero attached hydrogens (tertiary/aromatic N) is 2. The monoisotopic (exact) mass is 364 g/mol. The number of hydrogen-bond donors (Lipinski definition) is 2. The minimum absolute atomic E-state index is 0.0154. The molecule has 0 bridgehead atoms. The normalized spacial score (nSPS) is 23.4. The number of aliphatic hydroxyl groups excluding tert-OH is 1. The van der Waals surface area contributed by atoms with Crippen molar-refractivity contribution in [2.75, 3.05) is 32.8 Å². The zero-order chi connectivity index (χ0) is 18.5. The number of hydrogen-bond acceptors (Lipinski definition) is 6. The van der Waals surface area contributed by atoms with Crippen LogP contribution in [0.4, 0.5) is 0 Å². The molecule has 8 nitrogen and oxygen atoms in total. The van der Waals surface area contributed by atoms with Gasteiger partial charge in [-0.2, -0.15) is 0 Å². The van der Waals surface area contributed by atoms with Crippen molar-refractivity contribution in [1.82, 2.24) is 9.80 Å². The van der Waals surface area contributed by atoms with E-state index in [0.717, 1.165) is 39.0 Å². The van der Waals surface area contributed by atoms with Crippen molar-refractivity contribution in [1.29, 1.82) is 0 Å². The molecule has 1 atom stereocenters. The lowest BCUT2D eigenvalue weighted by Gasteiger charge is -2.45. The zero-order valence-corrected chi connectivity index (χ0v) is 14.5. The van der Waals surface area contributed by atoms with Crippen molar-refractivity contribution in [3.63, 3.8) is 0 Å². The van der Waals surface area contributed by atoms with Crippen LogP contribution in [0.5, 0.6) is 11.5 Å². The van der Waals surface area contributed by atoms with Crippen molar-refractivity contribution in [2.24, 2.45) is 0 Å². The van der Waals surface area contributed by atoms with Crippen LogP contribution in [0.1, 0.15) is 12.8 Å². The molecule has 4 rings (SSSR count). The number of carbonyl (C=O) groups excluding carboxylic acids is 1. The molecule has 3 aliphatic rings. The van der Waals surface area contributed by atoms with Crippen LogP contribution in [0.2, 0.25) is 0 Å². The highest BCUT2D eigenvalue weighted by atomic mass is 16.6. The van der Waals surface area contributed by atoms with E-state index < -0.39 is 6.10 Å². The van der Waals surface area contributed by atoms with Gasteiger partial charge in [-0.1, -0.05) is 12.1 Å². The largest absolute Gasteiger partial charge is 0.485 e. The molecule has 0 aromatic heterocycles. The summed E-state index contributed by atoms with van der Waals surface area (Å²) in [6.07, 6.45) is 1.21. The van der Waals surface area contributed by atoms with Crippen molar-refractivity contribution < 1.29 is 29.3 Å². The van der Waals surface area contributed by atoms with Gasteiger partial charge in [0.15, 0.2) is 11.5 Å². The van der Waals surface area contributed by atoms with Crippen molar-refractivity contribution in [3.8, 4) is 11.5 Å². The highest BCUT2D eigenvalue weighted by Crippen LogP contribution is 2.31. The first-order chi connectivity index (χ1) is 12.6. The van der Waals surface area contributed by atoms with Gasteiger partial charge in [-0.15, -0.1) is 0 Å². The molecule has 1 aromatic rings. The molecular formula is C18H24N2O6. The Morgan fingerprint density at radius 1 is 1.15 bits per heavy atom. The molecule has 2 N–H and O–H groups in total. The summed E-state index contributed by atoms with van der Waals surface area (Å²) in [4.78, 5) is 25.2. The van der Waals surface area contributed by atoms with Gasteiger partial charge in [-0.05, 0) is 25.0 Å². The fourth-order valence-corrected chi connectivity index (χ4v) is 3.58. The fraction of sp³-hybridized carbons (Fsp3) is 0.556. The topological polar surface area (TPSA) is 99.5 Å². The molecule has 2 fully saturated rings. The number of fused-ring (bicyclic) bond motifs is 1. The summed E-state index contributed by atoms with van der Waals surface area (Å²) in [5, 5.41) is 16.3. The summed E-state index contributed by atoms with van der Waals surface area (Å²) in [5.74, 6) is 1.36. The van der Waals surface area contributed by atoms with Crippen LogP contribution in [0, 0.1) is 0 Å². The van der Waals surface area contributed by atoms with E-state index in [1.54, 1.807) is 0 Å². The molecule has 142 valence electrons.